The van der Waals surface area contributed by atoms with Crippen LogP contribution in [0.1, 0.15) is 5.56 Å². The second kappa shape index (κ2) is 6.54. The Balaban J connectivity index is 3.46. The van der Waals surface area contributed by atoms with Crippen LogP contribution in [-0.4, -0.2) is 45.5 Å². The van der Waals surface area contributed by atoms with Crippen LogP contribution >= 0.6 is 0 Å². The van der Waals surface area contributed by atoms with E-state index in [4.69, 9.17) is 14.2 Å². The molecular formula is C11H12F3O6SSi. The molecule has 6 nitrogen and oxygen atoms in total. The highest BCUT2D eigenvalue weighted by atomic mass is 32.2. The van der Waals surface area contributed by atoms with Crippen molar-refractivity contribution < 1.29 is 40.0 Å². The van der Waals surface area contributed by atoms with Gasteiger partial charge in [0.25, 0.3) is 0 Å². The van der Waals surface area contributed by atoms with Gasteiger partial charge in [0, 0.05) is 14.2 Å². The average molecular weight is 357 g/mol. The number of alkyl halides is 3. The predicted octanol–water partition coefficient (Wildman–Crippen LogP) is 0.758. The predicted molar refractivity (Wildman–Crippen MR) is 70.1 cm³/mol. The first-order valence-electron chi connectivity index (χ1n) is 5.55. The van der Waals surface area contributed by atoms with Gasteiger partial charge in [-0.05, 0) is 12.1 Å². The molecule has 0 spiro atoms. The lowest BCUT2D eigenvalue weighted by Gasteiger charge is -2.31. The molecule has 0 fully saturated rings. The largest absolute Gasteiger partial charge is 0.523 e. The Bertz CT molecular complexity index is 627. The lowest BCUT2D eigenvalue weighted by Crippen LogP contribution is -2.41. The van der Waals surface area contributed by atoms with Gasteiger partial charge in [-0.2, -0.15) is 25.8 Å². The van der Waals surface area contributed by atoms with Crippen LogP contribution in [-0.2, 0) is 29.7 Å². The molecule has 0 atom stereocenters. The molecule has 0 aliphatic carbocycles. The quantitative estimate of drug-likeness (QED) is 0.324. The fourth-order valence-electron chi connectivity index (χ4n) is 1.55. The topological polar surface area (TPSA) is 71.1 Å². The molecule has 0 heterocycles. The second-order valence-electron chi connectivity index (χ2n) is 3.86. The third kappa shape index (κ3) is 3.60. The molecule has 0 aliphatic heterocycles. The van der Waals surface area contributed by atoms with Gasteiger partial charge in [-0.25, -0.2) is 0 Å². The van der Waals surface area contributed by atoms with E-state index in [0.717, 1.165) is 14.2 Å². The van der Waals surface area contributed by atoms with E-state index < -0.39 is 21.6 Å². The molecule has 3 radical (unpaired) electrons. The van der Waals surface area contributed by atoms with E-state index >= 15 is 0 Å². The van der Waals surface area contributed by atoms with Crippen LogP contribution in [0.4, 0.5) is 13.2 Å². The Labute approximate surface area is 128 Å². The minimum absolute atomic E-state index is 0.00595. The molecule has 0 amide bonds. The van der Waals surface area contributed by atoms with Crippen molar-refractivity contribution in [2.24, 2.45) is 0 Å². The van der Waals surface area contributed by atoms with Crippen LogP contribution in [0.2, 0.25) is 0 Å². The van der Waals surface area contributed by atoms with Gasteiger partial charge >= 0.3 is 21.6 Å². The molecule has 0 aliphatic rings. The van der Waals surface area contributed by atoms with Gasteiger partial charge in [-0.15, -0.1) is 0 Å². The van der Waals surface area contributed by atoms with E-state index in [1.165, 1.54) is 25.3 Å². The number of hydrogen-bond donors (Lipinski definition) is 0. The Morgan fingerprint density at radius 1 is 1.09 bits per heavy atom. The number of ether oxygens (including phenoxy) is 3. The van der Waals surface area contributed by atoms with Crippen molar-refractivity contribution in [2.75, 3.05) is 21.3 Å². The fourth-order valence-corrected chi connectivity index (χ4v) is 2.38. The Hall–Kier alpha value is -1.14. The lowest BCUT2D eigenvalue weighted by molar-refractivity contribution is -0.335. The first kappa shape index (κ1) is 18.9. The Morgan fingerprint density at radius 3 is 2.05 bits per heavy atom. The van der Waals surface area contributed by atoms with Crippen molar-refractivity contribution in [1.29, 1.82) is 0 Å². The number of halogens is 3. The van der Waals surface area contributed by atoms with Gasteiger partial charge < -0.3 is 14.2 Å². The van der Waals surface area contributed by atoms with Crippen LogP contribution in [0.15, 0.2) is 18.2 Å². The summed E-state index contributed by atoms with van der Waals surface area (Å²) in [4.78, 5) is 0. The zero-order valence-electron chi connectivity index (χ0n) is 11.7. The van der Waals surface area contributed by atoms with Crippen LogP contribution in [0.3, 0.4) is 0 Å². The molecule has 22 heavy (non-hydrogen) atoms. The molecule has 0 aromatic heterocycles. The maximum Gasteiger partial charge on any atom is 0.523 e. The number of hydrogen-bond acceptors (Lipinski definition) is 6. The van der Waals surface area contributed by atoms with Crippen molar-refractivity contribution in [3.05, 3.63) is 23.8 Å². The molecule has 0 saturated carbocycles. The fraction of sp³-hybridized carbons (Fsp3) is 0.455. The molecule has 0 N–H and O–H groups in total. The molecule has 0 unspecified atom stereocenters. The third-order valence-corrected chi connectivity index (χ3v) is 3.89. The molecule has 0 bridgehead atoms. The molecule has 1 aromatic rings. The van der Waals surface area contributed by atoms with Gasteiger partial charge in [0.05, 0.1) is 22.9 Å². The molecular weight excluding hydrogens is 345 g/mol. The van der Waals surface area contributed by atoms with Crippen molar-refractivity contribution in [2.45, 2.75) is 11.5 Å². The lowest BCUT2D eigenvalue weighted by atomic mass is 10.1. The van der Waals surface area contributed by atoms with Crippen LogP contribution < -0.4 is 9.92 Å². The van der Waals surface area contributed by atoms with Crippen molar-refractivity contribution in [3.8, 4) is 5.75 Å². The molecule has 0 saturated heterocycles. The van der Waals surface area contributed by atoms with Crippen LogP contribution in [0.25, 0.3) is 0 Å². The minimum atomic E-state index is -5.98. The summed E-state index contributed by atoms with van der Waals surface area (Å²) in [6, 6.07) is 4.04. The van der Waals surface area contributed by atoms with Gasteiger partial charge in [-0.3, -0.25) is 0 Å². The van der Waals surface area contributed by atoms with Crippen molar-refractivity contribution in [1.82, 2.24) is 0 Å². The summed E-state index contributed by atoms with van der Waals surface area (Å²) >= 11 is 0. The van der Waals surface area contributed by atoms with Crippen molar-refractivity contribution in [3.63, 3.8) is 0 Å². The maximum absolute atomic E-state index is 12.5. The smallest absolute Gasteiger partial charge is 0.496 e. The van der Waals surface area contributed by atoms with E-state index in [-0.39, 0.29) is 11.3 Å². The van der Waals surface area contributed by atoms with E-state index in [2.05, 4.69) is 14.4 Å². The van der Waals surface area contributed by atoms with E-state index in [9.17, 15) is 21.6 Å². The Kier molecular flexibility index (Phi) is 5.62. The second-order valence-corrected chi connectivity index (χ2v) is 5.98. The van der Waals surface area contributed by atoms with E-state index in [1.807, 2.05) is 0 Å². The zero-order chi connectivity index (χ0) is 17.2. The summed E-state index contributed by atoms with van der Waals surface area (Å²) in [5.41, 5.74) is -5.84. The SMILES string of the molecule is COc1cc([Si])ccc1C(OC)(OC)OS(=O)(=O)C(F)(F)F. The van der Waals surface area contributed by atoms with Gasteiger partial charge in [0.15, 0.2) is 0 Å². The van der Waals surface area contributed by atoms with Gasteiger partial charge in [-0.1, -0.05) is 11.3 Å². The minimum Gasteiger partial charge on any atom is -0.496 e. The number of benzene rings is 1. The number of methoxy groups -OCH3 is 3. The highest BCUT2D eigenvalue weighted by Gasteiger charge is 2.54. The summed E-state index contributed by atoms with van der Waals surface area (Å²) in [5.74, 6) is -2.66. The summed E-state index contributed by atoms with van der Waals surface area (Å²) in [5, 5.41) is 0.528. The first-order chi connectivity index (χ1) is 10.0. The third-order valence-electron chi connectivity index (χ3n) is 2.57. The summed E-state index contributed by atoms with van der Waals surface area (Å²) in [7, 11) is 0.302. The zero-order valence-corrected chi connectivity index (χ0v) is 13.5. The summed E-state index contributed by atoms with van der Waals surface area (Å²) in [6.45, 7) is 0. The van der Waals surface area contributed by atoms with E-state index in [0.29, 0.717) is 5.19 Å². The first-order valence-corrected chi connectivity index (χ1v) is 7.46. The van der Waals surface area contributed by atoms with Crippen LogP contribution in [0.5, 0.6) is 5.75 Å². The maximum atomic E-state index is 12.5. The molecule has 123 valence electrons. The molecule has 1 aromatic carbocycles. The highest BCUT2D eigenvalue weighted by molar-refractivity contribution is 7.87. The molecule has 1 rings (SSSR count). The monoisotopic (exact) mass is 357 g/mol. The summed E-state index contributed by atoms with van der Waals surface area (Å²) < 4.78 is 78.8. The van der Waals surface area contributed by atoms with Crippen LogP contribution in [0, 0.1) is 0 Å². The number of rotatable bonds is 6. The normalized spacial score (nSPS) is 13.2. The summed E-state index contributed by atoms with van der Waals surface area (Å²) in [6.07, 6.45) is 0. The highest BCUT2D eigenvalue weighted by Crippen LogP contribution is 2.38. The van der Waals surface area contributed by atoms with Gasteiger partial charge in [0.1, 0.15) is 5.75 Å². The van der Waals surface area contributed by atoms with Crippen molar-refractivity contribution >= 4 is 25.5 Å². The van der Waals surface area contributed by atoms with Gasteiger partial charge in [0.2, 0.25) is 0 Å². The molecule has 11 heteroatoms. The Morgan fingerprint density at radius 2 is 1.64 bits per heavy atom. The average Bonchev–Trinajstić information content (AvgIpc) is 2.43. The van der Waals surface area contributed by atoms with E-state index in [1.54, 1.807) is 0 Å². The standard InChI is InChI=1S/C11H12F3O6SSi/c1-17-9-6-7(22)4-5-8(9)10(18-2,19-3)20-21(15,16)11(12,13)14/h4-6H,1-3H3.